The zero-order valence-electron chi connectivity index (χ0n) is 10.3. The Morgan fingerprint density at radius 1 is 0.850 bits per heavy atom. The van der Waals surface area contributed by atoms with Crippen molar-refractivity contribution in [3.05, 3.63) is 53.6 Å². The van der Waals surface area contributed by atoms with Crippen molar-refractivity contribution in [3.63, 3.8) is 0 Å². The lowest BCUT2D eigenvalue weighted by molar-refractivity contribution is 0.104. The predicted octanol–water partition coefficient (Wildman–Crippen LogP) is 2.41. The van der Waals surface area contributed by atoms with Crippen molar-refractivity contribution in [2.24, 2.45) is 0 Å². The average Bonchev–Trinajstić information content (AvgIpc) is 2.37. The molecular formula is C15H12O5. The summed E-state index contributed by atoms with van der Waals surface area (Å²) in [6, 6.07) is 7.64. The molecule has 2 rings (SSSR count). The number of rotatable bonds is 3. The van der Waals surface area contributed by atoms with Gasteiger partial charge in [-0.15, -0.1) is 0 Å². The maximum atomic E-state index is 11.9. The Balaban J connectivity index is 2.24. The topological polar surface area (TPSA) is 98.0 Å². The molecule has 0 heterocycles. The second-order valence-electron chi connectivity index (χ2n) is 4.14. The number of carbonyl (C=O) groups excluding carboxylic acids is 1. The van der Waals surface area contributed by atoms with Crippen molar-refractivity contribution in [3.8, 4) is 23.0 Å². The van der Waals surface area contributed by atoms with Crippen LogP contribution in [0.3, 0.4) is 0 Å². The molecule has 0 amide bonds. The molecule has 0 saturated heterocycles. The first kappa shape index (κ1) is 13.5. The van der Waals surface area contributed by atoms with Crippen molar-refractivity contribution in [1.82, 2.24) is 0 Å². The number of ketones is 1. The Morgan fingerprint density at radius 3 is 2.05 bits per heavy atom. The van der Waals surface area contributed by atoms with Crippen LogP contribution in [0.4, 0.5) is 0 Å². The molecule has 2 aromatic carbocycles. The van der Waals surface area contributed by atoms with Gasteiger partial charge in [0.15, 0.2) is 5.78 Å². The Morgan fingerprint density at radius 2 is 1.45 bits per heavy atom. The molecule has 2 aromatic rings. The normalized spacial score (nSPS) is 10.8. The third-order valence-electron chi connectivity index (χ3n) is 2.68. The number of hydrogen-bond donors (Lipinski definition) is 4. The van der Waals surface area contributed by atoms with E-state index >= 15 is 0 Å². The Bertz CT molecular complexity index is 689. The highest BCUT2D eigenvalue weighted by Gasteiger charge is 2.09. The number of allylic oxidation sites excluding steroid dienone is 1. The fraction of sp³-hybridized carbons (Fsp3) is 0. The fourth-order valence-electron chi connectivity index (χ4n) is 1.66. The minimum atomic E-state index is -0.477. The maximum Gasteiger partial charge on any atom is 0.189 e. The summed E-state index contributed by atoms with van der Waals surface area (Å²) in [6.07, 6.45) is 2.54. The van der Waals surface area contributed by atoms with Crippen LogP contribution in [0.2, 0.25) is 0 Å². The average molecular weight is 272 g/mol. The minimum absolute atomic E-state index is 0.0392. The van der Waals surface area contributed by atoms with Crippen LogP contribution < -0.4 is 0 Å². The van der Waals surface area contributed by atoms with Crippen LogP contribution in [0, 0.1) is 0 Å². The van der Waals surface area contributed by atoms with E-state index in [0.717, 1.165) is 12.1 Å². The second kappa shape index (κ2) is 5.36. The molecule has 0 unspecified atom stereocenters. The van der Waals surface area contributed by atoms with Crippen LogP contribution in [0.1, 0.15) is 15.9 Å². The van der Waals surface area contributed by atoms with Gasteiger partial charge in [-0.05, 0) is 36.4 Å². The summed E-state index contributed by atoms with van der Waals surface area (Å²) in [4.78, 5) is 11.9. The smallest absolute Gasteiger partial charge is 0.189 e. The molecule has 0 fully saturated rings. The third kappa shape index (κ3) is 2.89. The molecule has 0 atom stereocenters. The summed E-state index contributed by atoms with van der Waals surface area (Å²) >= 11 is 0. The molecule has 0 radical (unpaired) electrons. The van der Waals surface area contributed by atoms with Gasteiger partial charge in [-0.1, -0.05) is 0 Å². The lowest BCUT2D eigenvalue weighted by Crippen LogP contribution is -1.94. The van der Waals surface area contributed by atoms with Gasteiger partial charge in [0.2, 0.25) is 0 Å². The third-order valence-corrected chi connectivity index (χ3v) is 2.68. The first-order valence-corrected chi connectivity index (χ1v) is 5.74. The SMILES string of the molecule is O=C(/C=C/c1ccc(O)cc1O)c1ccc(O)cc1O. The summed E-state index contributed by atoms with van der Waals surface area (Å²) in [7, 11) is 0. The monoisotopic (exact) mass is 272 g/mol. The van der Waals surface area contributed by atoms with Gasteiger partial charge in [0.25, 0.3) is 0 Å². The number of phenolic OH excluding ortho intramolecular Hbond substituents is 4. The molecule has 5 nitrogen and oxygen atoms in total. The molecule has 102 valence electrons. The predicted molar refractivity (Wildman–Crippen MR) is 72.9 cm³/mol. The highest BCUT2D eigenvalue weighted by atomic mass is 16.3. The van der Waals surface area contributed by atoms with Crippen molar-refractivity contribution < 1.29 is 25.2 Å². The zero-order valence-corrected chi connectivity index (χ0v) is 10.3. The molecule has 5 heteroatoms. The van der Waals surface area contributed by atoms with E-state index in [1.807, 2.05) is 0 Å². The van der Waals surface area contributed by atoms with E-state index in [4.69, 9.17) is 10.2 Å². The van der Waals surface area contributed by atoms with Gasteiger partial charge in [-0.2, -0.15) is 0 Å². The summed E-state index contributed by atoms with van der Waals surface area (Å²) in [6.45, 7) is 0. The lowest BCUT2D eigenvalue weighted by atomic mass is 10.1. The molecule has 0 bridgehead atoms. The van der Waals surface area contributed by atoms with Crippen LogP contribution in [0.25, 0.3) is 6.08 Å². The van der Waals surface area contributed by atoms with Crippen LogP contribution >= 0.6 is 0 Å². The molecule has 0 spiro atoms. The van der Waals surface area contributed by atoms with E-state index in [-0.39, 0.29) is 28.6 Å². The van der Waals surface area contributed by atoms with E-state index < -0.39 is 5.78 Å². The standard InChI is InChI=1S/C15H12O5/c16-10-3-1-9(14(19)7-10)2-6-13(18)12-5-4-11(17)8-15(12)20/h1-8,16-17,19-20H/b6-2+. The summed E-state index contributed by atoms with van der Waals surface area (Å²) in [5, 5.41) is 37.4. The molecule has 4 N–H and O–H groups in total. The number of phenols is 4. The molecule has 0 aliphatic carbocycles. The second-order valence-corrected chi connectivity index (χ2v) is 4.14. The number of hydrogen-bond acceptors (Lipinski definition) is 5. The molecule has 0 aliphatic rings. The first-order valence-electron chi connectivity index (χ1n) is 5.74. The van der Waals surface area contributed by atoms with Gasteiger partial charge in [-0.3, -0.25) is 4.79 Å². The summed E-state index contributed by atoms with van der Waals surface area (Å²) in [5.74, 6) is -1.19. The number of benzene rings is 2. The Hall–Kier alpha value is -2.95. The van der Waals surface area contributed by atoms with Crippen molar-refractivity contribution >= 4 is 11.9 Å². The largest absolute Gasteiger partial charge is 0.508 e. The Kier molecular flexibility index (Phi) is 3.61. The highest BCUT2D eigenvalue weighted by Crippen LogP contribution is 2.25. The molecule has 0 saturated carbocycles. The van der Waals surface area contributed by atoms with Gasteiger partial charge < -0.3 is 20.4 Å². The van der Waals surface area contributed by atoms with Gasteiger partial charge in [0.05, 0.1) is 5.56 Å². The van der Waals surface area contributed by atoms with E-state index in [1.54, 1.807) is 0 Å². The summed E-state index contributed by atoms with van der Waals surface area (Å²) in [5.41, 5.74) is 0.395. The van der Waals surface area contributed by atoms with Crippen molar-refractivity contribution in [1.29, 1.82) is 0 Å². The molecular weight excluding hydrogens is 260 g/mol. The van der Waals surface area contributed by atoms with Crippen LogP contribution in [-0.2, 0) is 0 Å². The quantitative estimate of drug-likeness (QED) is 0.508. The van der Waals surface area contributed by atoms with E-state index in [2.05, 4.69) is 0 Å². The van der Waals surface area contributed by atoms with Crippen LogP contribution in [0.15, 0.2) is 42.5 Å². The van der Waals surface area contributed by atoms with Crippen molar-refractivity contribution in [2.45, 2.75) is 0 Å². The zero-order chi connectivity index (χ0) is 14.7. The van der Waals surface area contributed by atoms with Gasteiger partial charge >= 0.3 is 0 Å². The minimum Gasteiger partial charge on any atom is -0.508 e. The van der Waals surface area contributed by atoms with Crippen LogP contribution in [-0.4, -0.2) is 26.2 Å². The van der Waals surface area contributed by atoms with Gasteiger partial charge in [0, 0.05) is 17.7 Å². The molecule has 0 aliphatic heterocycles. The number of carbonyl (C=O) groups is 1. The fourth-order valence-corrected chi connectivity index (χ4v) is 1.66. The van der Waals surface area contributed by atoms with Crippen LogP contribution in [0.5, 0.6) is 23.0 Å². The van der Waals surface area contributed by atoms with E-state index in [1.165, 1.54) is 36.4 Å². The van der Waals surface area contributed by atoms with E-state index in [9.17, 15) is 15.0 Å². The first-order chi connectivity index (χ1) is 9.47. The summed E-state index contributed by atoms with van der Waals surface area (Å²) < 4.78 is 0. The Labute approximate surface area is 114 Å². The molecule has 20 heavy (non-hydrogen) atoms. The van der Waals surface area contributed by atoms with Gasteiger partial charge in [0.1, 0.15) is 23.0 Å². The highest BCUT2D eigenvalue weighted by molar-refractivity contribution is 6.08. The van der Waals surface area contributed by atoms with Gasteiger partial charge in [-0.25, -0.2) is 0 Å². The van der Waals surface area contributed by atoms with E-state index in [0.29, 0.717) is 5.56 Å². The van der Waals surface area contributed by atoms with Crippen molar-refractivity contribution in [2.75, 3.05) is 0 Å². The number of aromatic hydroxyl groups is 4. The lowest BCUT2D eigenvalue weighted by Gasteiger charge is -2.02. The maximum absolute atomic E-state index is 11.9. The molecule has 0 aromatic heterocycles.